The third-order valence-electron chi connectivity index (χ3n) is 5.89. The van der Waals surface area contributed by atoms with Crippen LogP contribution in [0.5, 0.6) is 0 Å². The summed E-state index contributed by atoms with van der Waals surface area (Å²) in [7, 11) is 0. The molecule has 1 N–H and O–H groups in total. The van der Waals surface area contributed by atoms with Crippen LogP contribution in [0.2, 0.25) is 0 Å². The van der Waals surface area contributed by atoms with E-state index >= 15 is 0 Å². The number of aliphatic carboxylic acids is 1. The maximum atomic E-state index is 10.6. The van der Waals surface area contributed by atoms with Crippen molar-refractivity contribution in [2.45, 2.75) is 129 Å². The minimum atomic E-state index is -0.844. The lowest BCUT2D eigenvalue weighted by Gasteiger charge is -2.28. The number of carboxylic acid groups (broad SMARTS) is 1. The number of unbranched alkanes of at least 4 members (excludes halogenated alkanes) is 12. The van der Waals surface area contributed by atoms with Crippen molar-refractivity contribution in [3.63, 3.8) is 0 Å². The molecule has 0 aliphatic heterocycles. The van der Waals surface area contributed by atoms with E-state index < -0.39 is 5.97 Å². The SMILES string of the molecule is CCCCCCCCCCCCCCCC1CCCC(OCC(=O)O)C1. The van der Waals surface area contributed by atoms with Crippen LogP contribution in [0.25, 0.3) is 0 Å². The molecule has 154 valence electrons. The number of ether oxygens (including phenoxy) is 1. The summed E-state index contributed by atoms with van der Waals surface area (Å²) in [5, 5.41) is 8.72. The van der Waals surface area contributed by atoms with Gasteiger partial charge < -0.3 is 9.84 Å². The summed E-state index contributed by atoms with van der Waals surface area (Å²) < 4.78 is 5.49. The molecule has 1 rings (SSSR count). The minimum absolute atomic E-state index is 0.129. The molecule has 3 nitrogen and oxygen atoms in total. The first-order valence-corrected chi connectivity index (χ1v) is 11.6. The molecule has 0 aromatic carbocycles. The van der Waals surface area contributed by atoms with Crippen LogP contribution in [0.15, 0.2) is 0 Å². The van der Waals surface area contributed by atoms with Gasteiger partial charge >= 0.3 is 5.97 Å². The molecule has 2 atom stereocenters. The van der Waals surface area contributed by atoms with Gasteiger partial charge in [0, 0.05) is 0 Å². The van der Waals surface area contributed by atoms with Gasteiger partial charge in [-0.2, -0.15) is 0 Å². The van der Waals surface area contributed by atoms with E-state index in [0.29, 0.717) is 0 Å². The van der Waals surface area contributed by atoms with Gasteiger partial charge in [-0.25, -0.2) is 4.79 Å². The predicted molar refractivity (Wildman–Crippen MR) is 110 cm³/mol. The zero-order chi connectivity index (χ0) is 18.9. The molecule has 0 heterocycles. The summed E-state index contributed by atoms with van der Waals surface area (Å²) in [5.74, 6) is -0.0844. The second-order valence-electron chi connectivity index (χ2n) is 8.39. The van der Waals surface area contributed by atoms with Crippen molar-refractivity contribution in [3.05, 3.63) is 0 Å². The topological polar surface area (TPSA) is 46.5 Å². The third kappa shape index (κ3) is 13.6. The largest absolute Gasteiger partial charge is 0.480 e. The molecule has 26 heavy (non-hydrogen) atoms. The molecule has 0 radical (unpaired) electrons. The molecule has 2 unspecified atom stereocenters. The fraction of sp³-hybridized carbons (Fsp3) is 0.957. The van der Waals surface area contributed by atoms with Gasteiger partial charge in [-0.3, -0.25) is 0 Å². The van der Waals surface area contributed by atoms with E-state index in [1.54, 1.807) is 0 Å². The van der Waals surface area contributed by atoms with E-state index in [-0.39, 0.29) is 12.7 Å². The molecule has 1 saturated carbocycles. The van der Waals surface area contributed by atoms with Crippen LogP contribution in [0.1, 0.15) is 122 Å². The molecule has 1 aliphatic carbocycles. The zero-order valence-electron chi connectivity index (χ0n) is 17.4. The van der Waals surface area contributed by atoms with Crippen molar-refractivity contribution in [1.82, 2.24) is 0 Å². The number of hydrogen-bond donors (Lipinski definition) is 1. The summed E-state index contributed by atoms with van der Waals surface area (Å²) in [5.41, 5.74) is 0. The average Bonchev–Trinajstić information content (AvgIpc) is 2.64. The molecule has 3 heteroatoms. The lowest BCUT2D eigenvalue weighted by Crippen LogP contribution is -2.25. The van der Waals surface area contributed by atoms with E-state index in [2.05, 4.69) is 6.92 Å². The Hall–Kier alpha value is -0.570. The van der Waals surface area contributed by atoms with Crippen LogP contribution >= 0.6 is 0 Å². The van der Waals surface area contributed by atoms with Crippen molar-refractivity contribution in [2.75, 3.05) is 6.61 Å². The highest BCUT2D eigenvalue weighted by Gasteiger charge is 2.22. The van der Waals surface area contributed by atoms with Gasteiger partial charge in [0.1, 0.15) is 6.61 Å². The van der Waals surface area contributed by atoms with E-state index in [1.165, 1.54) is 103 Å². The molecule has 0 aromatic rings. The molecular formula is C23H44O3. The van der Waals surface area contributed by atoms with E-state index in [4.69, 9.17) is 9.84 Å². The first-order chi connectivity index (χ1) is 12.7. The Bertz CT molecular complexity index is 329. The standard InChI is InChI=1S/C23H44O3/c1-2-3-4-5-6-7-8-9-10-11-12-13-14-16-21-17-15-18-22(19-21)26-20-23(24)25/h21-22H,2-20H2,1H3,(H,24,25). The van der Waals surface area contributed by atoms with E-state index in [9.17, 15) is 4.79 Å². The molecule has 0 saturated heterocycles. The van der Waals surface area contributed by atoms with Gasteiger partial charge in [-0.05, 0) is 18.8 Å². The Morgan fingerprint density at radius 3 is 1.92 bits per heavy atom. The minimum Gasteiger partial charge on any atom is -0.480 e. The van der Waals surface area contributed by atoms with Gasteiger partial charge in [0.25, 0.3) is 0 Å². The van der Waals surface area contributed by atoms with Crippen molar-refractivity contribution >= 4 is 5.97 Å². The third-order valence-corrected chi connectivity index (χ3v) is 5.89. The second kappa shape index (κ2) is 16.6. The first-order valence-electron chi connectivity index (χ1n) is 11.6. The molecule has 0 spiro atoms. The van der Waals surface area contributed by atoms with Gasteiger partial charge in [0.15, 0.2) is 0 Å². The highest BCUT2D eigenvalue weighted by molar-refractivity contribution is 5.68. The van der Waals surface area contributed by atoms with Gasteiger partial charge in [0.2, 0.25) is 0 Å². The molecule has 0 bridgehead atoms. The van der Waals surface area contributed by atoms with Crippen LogP contribution in [0.3, 0.4) is 0 Å². The summed E-state index contributed by atoms with van der Waals surface area (Å²) in [6, 6.07) is 0. The predicted octanol–water partition coefficient (Wildman–Crippen LogP) is 7.13. The van der Waals surface area contributed by atoms with Gasteiger partial charge in [-0.1, -0.05) is 110 Å². The van der Waals surface area contributed by atoms with Crippen LogP contribution < -0.4 is 0 Å². The number of carbonyl (C=O) groups is 1. The summed E-state index contributed by atoms with van der Waals surface area (Å²) in [4.78, 5) is 10.6. The summed E-state index contributed by atoms with van der Waals surface area (Å²) in [6.07, 6.45) is 24.4. The molecule has 0 amide bonds. The van der Waals surface area contributed by atoms with E-state index in [1.807, 2.05) is 0 Å². The summed E-state index contributed by atoms with van der Waals surface area (Å²) >= 11 is 0. The lowest BCUT2D eigenvalue weighted by molar-refractivity contribution is -0.145. The average molecular weight is 369 g/mol. The van der Waals surface area contributed by atoms with Crippen LogP contribution in [0.4, 0.5) is 0 Å². The Labute approximate surface area is 162 Å². The maximum Gasteiger partial charge on any atom is 0.329 e. The van der Waals surface area contributed by atoms with E-state index in [0.717, 1.165) is 18.8 Å². The van der Waals surface area contributed by atoms with Gasteiger partial charge in [-0.15, -0.1) is 0 Å². The fourth-order valence-electron chi connectivity index (χ4n) is 4.30. The Kier molecular flexibility index (Phi) is 15.0. The zero-order valence-corrected chi connectivity index (χ0v) is 17.4. The Balaban J connectivity index is 1.84. The summed E-state index contributed by atoms with van der Waals surface area (Å²) in [6.45, 7) is 2.15. The molecule has 1 aliphatic rings. The number of rotatable bonds is 17. The van der Waals surface area contributed by atoms with Crippen LogP contribution in [0, 0.1) is 5.92 Å². The second-order valence-corrected chi connectivity index (χ2v) is 8.39. The number of carboxylic acids is 1. The van der Waals surface area contributed by atoms with Crippen molar-refractivity contribution < 1.29 is 14.6 Å². The highest BCUT2D eigenvalue weighted by Crippen LogP contribution is 2.30. The first kappa shape index (κ1) is 23.5. The Morgan fingerprint density at radius 1 is 0.846 bits per heavy atom. The molecule has 0 aromatic heterocycles. The highest BCUT2D eigenvalue weighted by atomic mass is 16.5. The fourth-order valence-corrected chi connectivity index (χ4v) is 4.30. The monoisotopic (exact) mass is 368 g/mol. The quantitative estimate of drug-likeness (QED) is 0.278. The van der Waals surface area contributed by atoms with Crippen LogP contribution in [-0.2, 0) is 9.53 Å². The van der Waals surface area contributed by atoms with Crippen molar-refractivity contribution in [1.29, 1.82) is 0 Å². The van der Waals surface area contributed by atoms with Gasteiger partial charge in [0.05, 0.1) is 6.10 Å². The smallest absolute Gasteiger partial charge is 0.329 e. The Morgan fingerprint density at radius 2 is 1.38 bits per heavy atom. The van der Waals surface area contributed by atoms with Crippen LogP contribution in [-0.4, -0.2) is 23.8 Å². The maximum absolute atomic E-state index is 10.6. The number of hydrogen-bond acceptors (Lipinski definition) is 2. The van der Waals surface area contributed by atoms with Crippen molar-refractivity contribution in [3.8, 4) is 0 Å². The normalized spacial score (nSPS) is 20.3. The molecular weight excluding hydrogens is 324 g/mol. The van der Waals surface area contributed by atoms with Crippen molar-refractivity contribution in [2.24, 2.45) is 5.92 Å². The lowest BCUT2D eigenvalue weighted by atomic mass is 9.84. The molecule has 1 fully saturated rings.